The summed E-state index contributed by atoms with van der Waals surface area (Å²) in [6.07, 6.45) is 7.28. The van der Waals surface area contributed by atoms with Crippen LogP contribution in [0.25, 0.3) is 0 Å². The van der Waals surface area contributed by atoms with E-state index in [1.54, 1.807) is 6.92 Å². The van der Waals surface area contributed by atoms with E-state index in [1.165, 1.54) is 37.7 Å². The minimum Gasteiger partial charge on any atom is -0.350 e. The Labute approximate surface area is 139 Å². The third kappa shape index (κ3) is 4.33. The highest BCUT2D eigenvalue weighted by atomic mass is 16.2. The van der Waals surface area contributed by atoms with Crippen molar-refractivity contribution in [2.24, 2.45) is 5.73 Å². The van der Waals surface area contributed by atoms with Gasteiger partial charge < -0.3 is 11.1 Å². The molecule has 0 radical (unpaired) electrons. The molecule has 3 atom stereocenters. The van der Waals surface area contributed by atoms with E-state index in [0.717, 1.165) is 13.0 Å². The zero-order valence-electron chi connectivity index (χ0n) is 14.1. The first-order valence-electron chi connectivity index (χ1n) is 9.01. The van der Waals surface area contributed by atoms with Crippen LogP contribution < -0.4 is 11.1 Å². The molecule has 2 aliphatic carbocycles. The van der Waals surface area contributed by atoms with Crippen molar-refractivity contribution in [3.8, 4) is 0 Å². The molecule has 2 saturated carbocycles. The third-order valence-corrected chi connectivity index (χ3v) is 5.12. The number of nitrogens with zero attached hydrogens (tertiary/aromatic N) is 1. The van der Waals surface area contributed by atoms with E-state index in [9.17, 15) is 4.79 Å². The summed E-state index contributed by atoms with van der Waals surface area (Å²) in [6.45, 7) is 2.75. The molecular weight excluding hydrogens is 286 g/mol. The van der Waals surface area contributed by atoms with E-state index >= 15 is 0 Å². The minimum absolute atomic E-state index is 0.0163. The Balaban J connectivity index is 1.72. The van der Waals surface area contributed by atoms with Crippen LogP contribution in [0.2, 0.25) is 0 Å². The molecule has 2 aliphatic rings. The molecule has 0 aliphatic heterocycles. The maximum atomic E-state index is 12.1. The fourth-order valence-corrected chi connectivity index (χ4v) is 3.71. The summed E-state index contributed by atoms with van der Waals surface area (Å²) >= 11 is 0. The van der Waals surface area contributed by atoms with Crippen molar-refractivity contribution in [2.45, 2.75) is 76.2 Å². The lowest BCUT2D eigenvalue weighted by atomic mass is 9.88. The quantitative estimate of drug-likeness (QED) is 0.847. The van der Waals surface area contributed by atoms with Gasteiger partial charge in [0.1, 0.15) is 0 Å². The van der Waals surface area contributed by atoms with Gasteiger partial charge in [0.2, 0.25) is 5.91 Å². The van der Waals surface area contributed by atoms with Crippen molar-refractivity contribution >= 4 is 5.91 Å². The lowest BCUT2D eigenvalue weighted by molar-refractivity contribution is -0.123. The second-order valence-electron chi connectivity index (χ2n) is 7.14. The number of carbonyl (C=O) groups is 1. The number of hydrogen-bond donors (Lipinski definition) is 2. The largest absolute Gasteiger partial charge is 0.350 e. The van der Waals surface area contributed by atoms with Crippen molar-refractivity contribution in [1.29, 1.82) is 0 Å². The lowest BCUT2D eigenvalue weighted by Gasteiger charge is -2.41. The van der Waals surface area contributed by atoms with Crippen molar-refractivity contribution in [3.05, 3.63) is 35.9 Å². The van der Waals surface area contributed by atoms with Crippen LogP contribution in [0.4, 0.5) is 0 Å². The van der Waals surface area contributed by atoms with Crippen LogP contribution in [0.15, 0.2) is 30.3 Å². The average Bonchev–Trinajstić information content (AvgIpc) is 3.39. The molecule has 1 aromatic rings. The van der Waals surface area contributed by atoms with E-state index in [0.29, 0.717) is 12.1 Å². The number of nitrogens with two attached hydrogens (primary N) is 1. The Bertz CT molecular complexity index is 513. The molecule has 0 aromatic heterocycles. The summed E-state index contributed by atoms with van der Waals surface area (Å²) in [5, 5.41) is 3.21. The van der Waals surface area contributed by atoms with Gasteiger partial charge in [-0.05, 0) is 38.2 Å². The number of nitrogens with one attached hydrogen (secondary N) is 1. The number of rotatable bonds is 6. The number of amides is 1. The Morgan fingerprint density at radius 1 is 1.22 bits per heavy atom. The first-order chi connectivity index (χ1) is 11.1. The maximum absolute atomic E-state index is 12.1. The van der Waals surface area contributed by atoms with Gasteiger partial charge in [-0.1, -0.05) is 43.2 Å². The molecule has 0 saturated heterocycles. The van der Waals surface area contributed by atoms with Gasteiger partial charge in [0.05, 0.1) is 6.04 Å². The number of hydrogen-bond acceptors (Lipinski definition) is 3. The van der Waals surface area contributed by atoms with Gasteiger partial charge in [-0.3, -0.25) is 9.69 Å². The summed E-state index contributed by atoms with van der Waals surface area (Å²) < 4.78 is 0. The van der Waals surface area contributed by atoms with E-state index in [4.69, 9.17) is 5.73 Å². The molecule has 126 valence electrons. The molecule has 0 spiro atoms. The van der Waals surface area contributed by atoms with Gasteiger partial charge in [0.15, 0.2) is 0 Å². The highest BCUT2D eigenvalue weighted by Crippen LogP contribution is 2.35. The summed E-state index contributed by atoms with van der Waals surface area (Å²) in [6, 6.07) is 11.6. The molecule has 1 amide bonds. The minimum atomic E-state index is -0.430. The Hall–Kier alpha value is -1.39. The van der Waals surface area contributed by atoms with E-state index in [-0.39, 0.29) is 11.9 Å². The maximum Gasteiger partial charge on any atom is 0.236 e. The molecule has 0 bridgehead atoms. The molecule has 0 heterocycles. The van der Waals surface area contributed by atoms with Crippen LogP contribution in [0.3, 0.4) is 0 Å². The second-order valence-corrected chi connectivity index (χ2v) is 7.14. The Morgan fingerprint density at radius 3 is 2.57 bits per heavy atom. The molecule has 4 nitrogen and oxygen atoms in total. The predicted molar refractivity (Wildman–Crippen MR) is 92.8 cm³/mol. The molecule has 1 aromatic carbocycles. The monoisotopic (exact) mass is 315 g/mol. The predicted octanol–water partition coefficient (Wildman–Crippen LogP) is 2.43. The SMILES string of the molecule is C[C@H](N)C(=O)N[C@H]1CCCC[C@H]1N(Cc1ccccc1)C1CC1. The summed E-state index contributed by atoms with van der Waals surface area (Å²) in [5.74, 6) is -0.0163. The third-order valence-electron chi connectivity index (χ3n) is 5.12. The second kappa shape index (κ2) is 7.45. The normalized spacial score (nSPS) is 26.0. The van der Waals surface area contributed by atoms with Gasteiger partial charge in [-0.15, -0.1) is 0 Å². The van der Waals surface area contributed by atoms with Crippen molar-refractivity contribution in [2.75, 3.05) is 0 Å². The highest BCUT2D eigenvalue weighted by Gasteiger charge is 2.39. The fraction of sp³-hybridized carbons (Fsp3) is 0.632. The van der Waals surface area contributed by atoms with Crippen LogP contribution in [0, 0.1) is 0 Å². The zero-order valence-corrected chi connectivity index (χ0v) is 14.1. The first kappa shape index (κ1) is 16.5. The van der Waals surface area contributed by atoms with Crippen LogP contribution in [0.1, 0.15) is 51.0 Å². The van der Waals surface area contributed by atoms with Crippen molar-refractivity contribution in [1.82, 2.24) is 10.2 Å². The van der Waals surface area contributed by atoms with E-state index in [1.807, 2.05) is 0 Å². The van der Waals surface area contributed by atoms with Gasteiger partial charge in [-0.25, -0.2) is 0 Å². The van der Waals surface area contributed by atoms with Gasteiger partial charge >= 0.3 is 0 Å². The highest BCUT2D eigenvalue weighted by molar-refractivity contribution is 5.81. The van der Waals surface area contributed by atoms with E-state index < -0.39 is 6.04 Å². The van der Waals surface area contributed by atoms with Crippen molar-refractivity contribution in [3.63, 3.8) is 0 Å². The fourth-order valence-electron chi connectivity index (χ4n) is 3.71. The average molecular weight is 315 g/mol. The molecule has 0 unspecified atom stereocenters. The molecule has 23 heavy (non-hydrogen) atoms. The van der Waals surface area contributed by atoms with Gasteiger partial charge in [0, 0.05) is 24.7 Å². The van der Waals surface area contributed by atoms with Crippen LogP contribution in [-0.4, -0.2) is 35.0 Å². The topological polar surface area (TPSA) is 58.4 Å². The number of benzene rings is 1. The standard InChI is InChI=1S/C19H29N3O/c1-14(20)19(23)21-17-9-5-6-10-18(17)22(16-11-12-16)13-15-7-3-2-4-8-15/h2-4,7-8,14,16-18H,5-6,9-13,20H2,1H3,(H,21,23)/t14-,17-,18+/m0/s1. The first-order valence-corrected chi connectivity index (χ1v) is 9.01. The van der Waals surface area contributed by atoms with Crippen LogP contribution in [0.5, 0.6) is 0 Å². The van der Waals surface area contributed by atoms with Gasteiger partial charge in [0.25, 0.3) is 0 Å². The molecule has 4 heteroatoms. The van der Waals surface area contributed by atoms with Gasteiger partial charge in [-0.2, -0.15) is 0 Å². The Morgan fingerprint density at radius 2 is 1.91 bits per heavy atom. The smallest absolute Gasteiger partial charge is 0.236 e. The summed E-state index contributed by atoms with van der Waals surface area (Å²) in [7, 11) is 0. The van der Waals surface area contributed by atoms with E-state index in [2.05, 4.69) is 40.5 Å². The molecule has 3 N–H and O–H groups in total. The number of carbonyl (C=O) groups excluding carboxylic acids is 1. The zero-order chi connectivity index (χ0) is 16.2. The molecular formula is C19H29N3O. The van der Waals surface area contributed by atoms with Crippen LogP contribution in [-0.2, 0) is 11.3 Å². The van der Waals surface area contributed by atoms with Crippen LogP contribution >= 0.6 is 0 Å². The summed E-state index contributed by atoms with van der Waals surface area (Å²) in [4.78, 5) is 14.7. The lowest BCUT2D eigenvalue weighted by Crippen LogP contribution is -2.56. The molecule has 2 fully saturated rings. The molecule has 3 rings (SSSR count). The summed E-state index contributed by atoms with van der Waals surface area (Å²) in [5.41, 5.74) is 7.11. The Kier molecular flexibility index (Phi) is 5.34. The van der Waals surface area contributed by atoms with Crippen molar-refractivity contribution < 1.29 is 4.79 Å².